The van der Waals surface area contributed by atoms with Gasteiger partial charge >= 0.3 is 0 Å². The van der Waals surface area contributed by atoms with Crippen LogP contribution in [0.5, 0.6) is 0 Å². The molecule has 0 fully saturated rings. The number of amides is 2. The smallest absolute Gasteiger partial charge is 0.253 e. The summed E-state index contributed by atoms with van der Waals surface area (Å²) in [6, 6.07) is 12.7. The summed E-state index contributed by atoms with van der Waals surface area (Å²) >= 11 is 7.20. The molecule has 2 N–H and O–H groups in total. The molecule has 0 aliphatic carbocycles. The van der Waals surface area contributed by atoms with Crippen LogP contribution >= 0.6 is 23.4 Å². The highest BCUT2D eigenvalue weighted by molar-refractivity contribution is 7.99. The lowest BCUT2D eigenvalue weighted by Gasteiger charge is -2.10. The Morgan fingerprint density at radius 1 is 1.16 bits per heavy atom. The van der Waals surface area contributed by atoms with Crippen molar-refractivity contribution in [2.45, 2.75) is 18.2 Å². The van der Waals surface area contributed by atoms with Crippen LogP contribution in [0.25, 0.3) is 0 Å². The summed E-state index contributed by atoms with van der Waals surface area (Å²) in [6.07, 6.45) is 1.66. The number of para-hydroxylation sites is 1. The summed E-state index contributed by atoms with van der Waals surface area (Å²) in [6.45, 7) is 4.23. The average Bonchev–Trinajstić information content (AvgIpc) is 3.14. The zero-order valence-corrected chi connectivity index (χ0v) is 17.9. The molecule has 0 radical (unpaired) electrons. The zero-order valence-electron chi connectivity index (χ0n) is 16.3. The maximum atomic E-state index is 13.7. The molecule has 0 aliphatic rings. The van der Waals surface area contributed by atoms with Crippen LogP contribution in [0.15, 0.2) is 66.3 Å². The molecule has 160 valence electrons. The fourth-order valence-corrected chi connectivity index (χ4v) is 3.64. The van der Waals surface area contributed by atoms with Gasteiger partial charge in [-0.2, -0.15) is 0 Å². The molecule has 2 aromatic carbocycles. The third kappa shape index (κ3) is 5.93. The van der Waals surface area contributed by atoms with Gasteiger partial charge in [0.1, 0.15) is 5.82 Å². The van der Waals surface area contributed by atoms with E-state index in [-0.39, 0.29) is 29.8 Å². The highest BCUT2D eigenvalue weighted by Gasteiger charge is 2.16. The minimum atomic E-state index is -0.507. The monoisotopic (exact) mass is 459 g/mol. The standard InChI is InChI=1S/C21H19ClFN5O2S/c1-2-11-28-18(12-24-20(30)14-7-3-4-8-15(14)22)26-27-21(28)31-13-19(29)25-17-10-6-5-9-16(17)23/h2-10H,1,11-13H2,(H,24,30)(H,25,29). The van der Waals surface area contributed by atoms with Gasteiger partial charge in [-0.05, 0) is 24.3 Å². The zero-order chi connectivity index (χ0) is 22.2. The fraction of sp³-hybridized carbons (Fsp3) is 0.143. The molecular formula is C21H19ClFN5O2S. The van der Waals surface area contributed by atoms with E-state index in [2.05, 4.69) is 27.4 Å². The Kier molecular flexibility index (Phi) is 7.80. The number of carbonyl (C=O) groups is 2. The van der Waals surface area contributed by atoms with Crippen LogP contribution in [-0.4, -0.2) is 32.3 Å². The van der Waals surface area contributed by atoms with Crippen molar-refractivity contribution < 1.29 is 14.0 Å². The van der Waals surface area contributed by atoms with Gasteiger partial charge in [0.2, 0.25) is 5.91 Å². The quantitative estimate of drug-likeness (QED) is 0.374. The number of anilines is 1. The minimum absolute atomic E-state index is 0.00952. The summed E-state index contributed by atoms with van der Waals surface area (Å²) in [5.74, 6) is -0.714. The van der Waals surface area contributed by atoms with Gasteiger partial charge in [-0.25, -0.2) is 4.39 Å². The molecule has 1 aromatic heterocycles. The SMILES string of the molecule is C=CCn1c(CNC(=O)c2ccccc2Cl)nnc1SCC(=O)Nc1ccccc1F. The number of thioether (sulfide) groups is 1. The summed E-state index contributed by atoms with van der Waals surface area (Å²) in [4.78, 5) is 24.5. The number of rotatable bonds is 9. The molecule has 0 spiro atoms. The van der Waals surface area contributed by atoms with E-state index in [1.54, 1.807) is 47.0 Å². The Hall–Kier alpha value is -3.17. The lowest BCUT2D eigenvalue weighted by Crippen LogP contribution is -2.25. The predicted molar refractivity (Wildman–Crippen MR) is 119 cm³/mol. The van der Waals surface area contributed by atoms with Crippen LogP contribution in [0.3, 0.4) is 0 Å². The molecular weight excluding hydrogens is 441 g/mol. The fourth-order valence-electron chi connectivity index (χ4n) is 2.65. The van der Waals surface area contributed by atoms with Gasteiger partial charge in [0.15, 0.2) is 11.0 Å². The molecule has 10 heteroatoms. The summed E-state index contributed by atoms with van der Waals surface area (Å²) in [7, 11) is 0. The van der Waals surface area contributed by atoms with E-state index in [1.165, 1.54) is 12.1 Å². The first-order valence-electron chi connectivity index (χ1n) is 9.22. The lowest BCUT2D eigenvalue weighted by molar-refractivity contribution is -0.113. The van der Waals surface area contributed by atoms with Gasteiger partial charge in [-0.1, -0.05) is 53.7 Å². The van der Waals surface area contributed by atoms with Crippen molar-refractivity contribution in [3.8, 4) is 0 Å². The predicted octanol–water partition coefficient (Wildman–Crippen LogP) is 3.92. The molecule has 31 heavy (non-hydrogen) atoms. The third-order valence-electron chi connectivity index (χ3n) is 4.11. The second-order valence-corrected chi connectivity index (χ2v) is 7.63. The molecule has 7 nitrogen and oxygen atoms in total. The largest absolute Gasteiger partial charge is 0.345 e. The molecule has 0 unspecified atom stereocenters. The molecule has 3 rings (SSSR count). The second kappa shape index (κ2) is 10.7. The molecule has 1 heterocycles. The number of halogens is 2. The number of carbonyl (C=O) groups excluding carboxylic acids is 2. The van der Waals surface area contributed by atoms with Gasteiger partial charge in [0.25, 0.3) is 5.91 Å². The molecule has 0 atom stereocenters. The molecule has 0 aliphatic heterocycles. The molecule has 0 saturated carbocycles. The van der Waals surface area contributed by atoms with Crippen LogP contribution in [0.4, 0.5) is 10.1 Å². The maximum Gasteiger partial charge on any atom is 0.253 e. The van der Waals surface area contributed by atoms with Gasteiger partial charge in [-0.15, -0.1) is 16.8 Å². The number of hydrogen-bond acceptors (Lipinski definition) is 5. The van der Waals surface area contributed by atoms with Crippen molar-refractivity contribution >= 4 is 40.9 Å². The Balaban J connectivity index is 1.62. The summed E-state index contributed by atoms with van der Waals surface area (Å²) in [5.41, 5.74) is 0.474. The molecule has 2 amide bonds. The van der Waals surface area contributed by atoms with Crippen molar-refractivity contribution in [2.24, 2.45) is 0 Å². The van der Waals surface area contributed by atoms with Crippen molar-refractivity contribution in [1.29, 1.82) is 0 Å². The van der Waals surface area contributed by atoms with Gasteiger partial charge in [-0.3, -0.25) is 9.59 Å². The Morgan fingerprint density at radius 3 is 2.65 bits per heavy atom. The number of aromatic nitrogens is 3. The first-order chi connectivity index (χ1) is 15.0. The van der Waals surface area contributed by atoms with Crippen molar-refractivity contribution in [3.63, 3.8) is 0 Å². The molecule has 3 aromatic rings. The van der Waals surface area contributed by atoms with E-state index in [9.17, 15) is 14.0 Å². The number of benzene rings is 2. The molecule has 0 bridgehead atoms. The third-order valence-corrected chi connectivity index (χ3v) is 5.41. The van der Waals surface area contributed by atoms with Crippen LogP contribution in [0.1, 0.15) is 16.2 Å². The maximum absolute atomic E-state index is 13.7. The topological polar surface area (TPSA) is 88.9 Å². The van der Waals surface area contributed by atoms with Gasteiger partial charge in [0, 0.05) is 6.54 Å². The second-order valence-electron chi connectivity index (χ2n) is 6.28. The van der Waals surface area contributed by atoms with Crippen molar-refractivity contribution in [2.75, 3.05) is 11.1 Å². The van der Waals surface area contributed by atoms with Gasteiger partial charge < -0.3 is 15.2 Å². The highest BCUT2D eigenvalue weighted by atomic mass is 35.5. The summed E-state index contributed by atoms with van der Waals surface area (Å²) < 4.78 is 15.4. The average molecular weight is 460 g/mol. The number of allylic oxidation sites excluding steroid dienone is 1. The van der Waals surface area contributed by atoms with E-state index in [0.29, 0.717) is 28.1 Å². The minimum Gasteiger partial charge on any atom is -0.345 e. The number of nitrogens with one attached hydrogen (secondary N) is 2. The Bertz CT molecular complexity index is 1100. The van der Waals surface area contributed by atoms with Gasteiger partial charge in [0.05, 0.1) is 28.6 Å². The van der Waals surface area contributed by atoms with E-state index < -0.39 is 5.82 Å². The van der Waals surface area contributed by atoms with Crippen LogP contribution < -0.4 is 10.6 Å². The summed E-state index contributed by atoms with van der Waals surface area (Å²) in [5, 5.41) is 14.3. The van der Waals surface area contributed by atoms with Crippen molar-refractivity contribution in [3.05, 3.63) is 83.4 Å². The van der Waals surface area contributed by atoms with Crippen LogP contribution in [0.2, 0.25) is 5.02 Å². The normalized spacial score (nSPS) is 10.5. The van der Waals surface area contributed by atoms with E-state index in [0.717, 1.165) is 11.8 Å². The van der Waals surface area contributed by atoms with Crippen molar-refractivity contribution in [1.82, 2.24) is 20.1 Å². The van der Waals surface area contributed by atoms with Crippen LogP contribution in [0, 0.1) is 5.82 Å². The van der Waals surface area contributed by atoms with E-state index >= 15 is 0 Å². The lowest BCUT2D eigenvalue weighted by atomic mass is 10.2. The first-order valence-corrected chi connectivity index (χ1v) is 10.6. The highest BCUT2D eigenvalue weighted by Crippen LogP contribution is 2.19. The van der Waals surface area contributed by atoms with E-state index in [1.807, 2.05) is 0 Å². The molecule has 0 saturated heterocycles. The first kappa shape index (κ1) is 22.5. The Labute approximate surface area is 187 Å². The number of hydrogen-bond donors (Lipinski definition) is 2. The Morgan fingerprint density at radius 2 is 1.90 bits per heavy atom. The van der Waals surface area contributed by atoms with Crippen LogP contribution in [-0.2, 0) is 17.9 Å². The number of nitrogens with zero attached hydrogens (tertiary/aromatic N) is 3. The van der Waals surface area contributed by atoms with E-state index in [4.69, 9.17) is 11.6 Å².